The first kappa shape index (κ1) is 14.8. The highest BCUT2D eigenvalue weighted by atomic mass is 79.9. The molecule has 2 N–H and O–H groups in total. The van der Waals surface area contributed by atoms with Crippen molar-refractivity contribution in [1.29, 1.82) is 0 Å². The van der Waals surface area contributed by atoms with Gasteiger partial charge in [-0.15, -0.1) is 0 Å². The number of benzene rings is 1. The highest BCUT2D eigenvalue weighted by Crippen LogP contribution is 2.19. The minimum absolute atomic E-state index is 0.0104. The zero-order chi connectivity index (χ0) is 14.4. The average Bonchev–Trinajstić information content (AvgIpc) is 2.90. The highest BCUT2D eigenvalue weighted by Gasteiger charge is 2.10. The number of rotatable bonds is 6. The van der Waals surface area contributed by atoms with Crippen molar-refractivity contribution in [3.63, 3.8) is 0 Å². The lowest BCUT2D eigenvalue weighted by molar-refractivity contribution is -0.120. The Morgan fingerprint density at radius 3 is 2.65 bits per heavy atom. The summed E-state index contributed by atoms with van der Waals surface area (Å²) in [4.78, 5) is 11.7. The molecule has 0 aliphatic heterocycles. The SMILES string of the molecule is CC(NCC(=O)NCc1ccccc1)c1ccc(Br)o1. The van der Waals surface area contributed by atoms with E-state index >= 15 is 0 Å². The molecule has 0 aliphatic carbocycles. The van der Waals surface area contributed by atoms with Gasteiger partial charge in [0.1, 0.15) is 5.76 Å². The molecular weight excluding hydrogens is 320 g/mol. The Morgan fingerprint density at radius 2 is 2.00 bits per heavy atom. The molecule has 0 fully saturated rings. The molecule has 0 aliphatic rings. The third-order valence-corrected chi connectivity index (χ3v) is 3.35. The maximum Gasteiger partial charge on any atom is 0.234 e. The Kier molecular flexibility index (Phi) is 5.38. The summed E-state index contributed by atoms with van der Waals surface area (Å²) in [5, 5.41) is 5.99. The highest BCUT2D eigenvalue weighted by molar-refractivity contribution is 9.10. The quantitative estimate of drug-likeness (QED) is 0.852. The van der Waals surface area contributed by atoms with E-state index in [0.29, 0.717) is 11.2 Å². The molecule has 106 valence electrons. The van der Waals surface area contributed by atoms with Crippen LogP contribution in [0.5, 0.6) is 0 Å². The van der Waals surface area contributed by atoms with Gasteiger partial charge in [0.2, 0.25) is 5.91 Å². The largest absolute Gasteiger partial charge is 0.453 e. The molecule has 20 heavy (non-hydrogen) atoms. The summed E-state index contributed by atoms with van der Waals surface area (Å²) in [5.41, 5.74) is 1.09. The van der Waals surface area contributed by atoms with Crippen LogP contribution in [0, 0.1) is 0 Å². The zero-order valence-electron chi connectivity index (χ0n) is 11.2. The van der Waals surface area contributed by atoms with Gasteiger partial charge in [-0.1, -0.05) is 30.3 Å². The van der Waals surface area contributed by atoms with Gasteiger partial charge < -0.3 is 9.73 Å². The fourth-order valence-electron chi connectivity index (χ4n) is 1.77. The molecule has 2 aromatic rings. The minimum atomic E-state index is -0.0358. The second-order valence-corrected chi connectivity index (χ2v) is 5.29. The number of hydrogen-bond acceptors (Lipinski definition) is 3. The predicted octanol–water partition coefficient (Wildman–Crippen LogP) is 3.01. The number of halogens is 1. The van der Waals surface area contributed by atoms with Crippen molar-refractivity contribution in [3.05, 3.63) is 58.5 Å². The molecule has 0 radical (unpaired) electrons. The van der Waals surface area contributed by atoms with Crippen LogP contribution in [0.1, 0.15) is 24.3 Å². The lowest BCUT2D eigenvalue weighted by Gasteiger charge is -2.11. The predicted molar refractivity (Wildman–Crippen MR) is 81.1 cm³/mol. The standard InChI is InChI=1S/C15H17BrN2O2/c1-11(13-7-8-14(16)20-13)17-10-15(19)18-9-12-5-3-2-4-6-12/h2-8,11,17H,9-10H2,1H3,(H,18,19). The van der Waals surface area contributed by atoms with Crippen molar-refractivity contribution in [2.45, 2.75) is 19.5 Å². The average molecular weight is 337 g/mol. The van der Waals surface area contributed by atoms with Crippen LogP contribution >= 0.6 is 15.9 Å². The molecule has 0 saturated carbocycles. The van der Waals surface area contributed by atoms with Crippen molar-refractivity contribution in [2.75, 3.05) is 6.54 Å². The molecule has 2 rings (SSSR count). The van der Waals surface area contributed by atoms with Gasteiger partial charge in [0.25, 0.3) is 0 Å². The van der Waals surface area contributed by atoms with Crippen LogP contribution < -0.4 is 10.6 Å². The molecule has 1 atom stereocenters. The number of carbonyl (C=O) groups is 1. The fourth-order valence-corrected chi connectivity index (χ4v) is 2.09. The van der Waals surface area contributed by atoms with Crippen LogP contribution in [0.4, 0.5) is 0 Å². The topological polar surface area (TPSA) is 54.3 Å². The summed E-state index contributed by atoms with van der Waals surface area (Å²) in [6, 6.07) is 13.5. The molecule has 0 bridgehead atoms. The summed E-state index contributed by atoms with van der Waals surface area (Å²) in [5.74, 6) is 0.763. The van der Waals surface area contributed by atoms with E-state index in [1.54, 1.807) is 0 Å². The van der Waals surface area contributed by atoms with Gasteiger partial charge in [-0.2, -0.15) is 0 Å². The van der Waals surface area contributed by atoms with Gasteiger partial charge in [0.05, 0.1) is 12.6 Å². The summed E-state index contributed by atoms with van der Waals surface area (Å²) in [7, 11) is 0. The van der Waals surface area contributed by atoms with Gasteiger partial charge in [-0.3, -0.25) is 10.1 Å². The molecular formula is C15H17BrN2O2. The Balaban J connectivity index is 1.72. The van der Waals surface area contributed by atoms with Crippen LogP contribution in [0.3, 0.4) is 0 Å². The molecule has 4 nitrogen and oxygen atoms in total. The minimum Gasteiger partial charge on any atom is -0.453 e. The van der Waals surface area contributed by atoms with Gasteiger partial charge in [-0.05, 0) is 40.5 Å². The van der Waals surface area contributed by atoms with Crippen LogP contribution in [0.15, 0.2) is 51.6 Å². The number of carbonyl (C=O) groups excluding carboxylic acids is 1. The van der Waals surface area contributed by atoms with E-state index in [9.17, 15) is 4.79 Å². The summed E-state index contributed by atoms with van der Waals surface area (Å²) in [6.07, 6.45) is 0. The second-order valence-electron chi connectivity index (χ2n) is 4.51. The fraction of sp³-hybridized carbons (Fsp3) is 0.267. The number of nitrogens with one attached hydrogen (secondary N) is 2. The van der Waals surface area contributed by atoms with E-state index in [4.69, 9.17) is 4.42 Å². The van der Waals surface area contributed by atoms with E-state index < -0.39 is 0 Å². The monoisotopic (exact) mass is 336 g/mol. The van der Waals surface area contributed by atoms with Gasteiger partial charge in [-0.25, -0.2) is 0 Å². The summed E-state index contributed by atoms with van der Waals surface area (Å²) >= 11 is 3.26. The summed E-state index contributed by atoms with van der Waals surface area (Å²) < 4.78 is 6.12. The van der Waals surface area contributed by atoms with Crippen LogP contribution in [0.2, 0.25) is 0 Å². The maximum absolute atomic E-state index is 11.7. The first-order valence-electron chi connectivity index (χ1n) is 6.44. The van der Waals surface area contributed by atoms with Crippen molar-refractivity contribution in [1.82, 2.24) is 10.6 Å². The Labute approximate surface area is 126 Å². The van der Waals surface area contributed by atoms with Crippen molar-refractivity contribution in [2.24, 2.45) is 0 Å². The van der Waals surface area contributed by atoms with Crippen LogP contribution in [-0.4, -0.2) is 12.5 Å². The smallest absolute Gasteiger partial charge is 0.234 e. The Bertz CT molecular complexity index is 554. The second kappa shape index (κ2) is 7.26. The molecule has 1 heterocycles. The van der Waals surface area contributed by atoms with Crippen LogP contribution in [-0.2, 0) is 11.3 Å². The third kappa shape index (κ3) is 4.51. The van der Waals surface area contributed by atoms with Crippen molar-refractivity contribution in [3.8, 4) is 0 Å². The number of furan rings is 1. The molecule has 1 unspecified atom stereocenters. The van der Waals surface area contributed by atoms with E-state index in [0.717, 1.165) is 11.3 Å². The molecule has 1 aromatic carbocycles. The first-order chi connectivity index (χ1) is 9.65. The van der Waals surface area contributed by atoms with E-state index in [1.165, 1.54) is 0 Å². The summed E-state index contributed by atoms with van der Waals surface area (Å²) in [6.45, 7) is 2.75. The number of amides is 1. The lowest BCUT2D eigenvalue weighted by Crippen LogP contribution is -2.34. The van der Waals surface area contributed by atoms with E-state index in [1.807, 2.05) is 49.4 Å². The molecule has 1 amide bonds. The van der Waals surface area contributed by atoms with Gasteiger partial charge in [0, 0.05) is 6.54 Å². The molecule has 0 spiro atoms. The lowest BCUT2D eigenvalue weighted by atomic mass is 10.2. The molecule has 0 saturated heterocycles. The Morgan fingerprint density at radius 1 is 1.25 bits per heavy atom. The zero-order valence-corrected chi connectivity index (χ0v) is 12.8. The molecule has 5 heteroatoms. The normalized spacial score (nSPS) is 12.1. The van der Waals surface area contributed by atoms with Gasteiger partial charge in [0.15, 0.2) is 4.67 Å². The third-order valence-electron chi connectivity index (χ3n) is 2.92. The van der Waals surface area contributed by atoms with Gasteiger partial charge >= 0.3 is 0 Å². The number of hydrogen-bond donors (Lipinski definition) is 2. The Hall–Kier alpha value is -1.59. The van der Waals surface area contributed by atoms with E-state index in [-0.39, 0.29) is 18.5 Å². The van der Waals surface area contributed by atoms with Crippen LogP contribution in [0.25, 0.3) is 0 Å². The van der Waals surface area contributed by atoms with E-state index in [2.05, 4.69) is 26.6 Å². The first-order valence-corrected chi connectivity index (χ1v) is 7.23. The maximum atomic E-state index is 11.7. The molecule has 1 aromatic heterocycles. The van der Waals surface area contributed by atoms with Crippen molar-refractivity contribution >= 4 is 21.8 Å². The van der Waals surface area contributed by atoms with Crippen molar-refractivity contribution < 1.29 is 9.21 Å².